The summed E-state index contributed by atoms with van der Waals surface area (Å²) in [6.07, 6.45) is 0. The first-order valence-electron chi connectivity index (χ1n) is 21.3. The van der Waals surface area contributed by atoms with Gasteiger partial charge in [0.2, 0.25) is 0 Å². The van der Waals surface area contributed by atoms with E-state index in [1.807, 2.05) is 22.7 Å². The van der Waals surface area contributed by atoms with Crippen LogP contribution in [0, 0.1) is 6.92 Å². The van der Waals surface area contributed by atoms with E-state index < -0.39 is 0 Å². The molecule has 0 saturated heterocycles. The van der Waals surface area contributed by atoms with Crippen molar-refractivity contribution in [2.75, 3.05) is 9.80 Å². The third-order valence-electron chi connectivity index (χ3n) is 12.4. The third kappa shape index (κ3) is 6.22. The maximum absolute atomic E-state index is 7.44. The van der Waals surface area contributed by atoms with Gasteiger partial charge in [-0.25, -0.2) is 0 Å². The van der Waals surface area contributed by atoms with Crippen LogP contribution in [0.25, 0.3) is 31.3 Å². The van der Waals surface area contributed by atoms with E-state index in [-0.39, 0.29) is 17.5 Å². The molecule has 0 bridgehead atoms. The molecular weight excluding hydrogens is 780 g/mol. The minimum atomic E-state index is -0.0201. The highest BCUT2D eigenvalue weighted by Gasteiger charge is 2.47. The van der Waals surface area contributed by atoms with Crippen molar-refractivity contribution in [3.63, 3.8) is 0 Å². The lowest BCUT2D eigenvalue weighted by molar-refractivity contribution is 0.494. The zero-order valence-electron chi connectivity index (χ0n) is 35.7. The molecular formula is C55H47BN2OS2. The van der Waals surface area contributed by atoms with Crippen LogP contribution in [0.2, 0.25) is 0 Å². The Hall–Kier alpha value is -6.08. The summed E-state index contributed by atoms with van der Waals surface area (Å²) in [7, 11) is 0. The van der Waals surface area contributed by atoms with Gasteiger partial charge in [-0.15, -0.1) is 22.7 Å². The molecule has 0 unspecified atom stereocenters. The largest absolute Gasteiger partial charge is 0.457 e. The number of aryl methyl sites for hydroxylation is 1. The summed E-state index contributed by atoms with van der Waals surface area (Å²) in [5.74, 6) is 1.89. The van der Waals surface area contributed by atoms with E-state index in [1.54, 1.807) is 0 Å². The first-order chi connectivity index (χ1) is 29.4. The first kappa shape index (κ1) is 37.9. The molecule has 4 heterocycles. The van der Waals surface area contributed by atoms with Gasteiger partial charge in [0.15, 0.2) is 0 Å². The Kier molecular flexibility index (Phi) is 8.69. The summed E-state index contributed by atoms with van der Waals surface area (Å²) in [4.78, 5) is 4.97. The molecule has 2 aromatic heterocycles. The monoisotopic (exact) mass is 826 g/mol. The van der Waals surface area contributed by atoms with Crippen molar-refractivity contribution in [3.8, 4) is 22.6 Å². The van der Waals surface area contributed by atoms with E-state index in [0.717, 1.165) is 39.9 Å². The molecule has 9 aromatic rings. The number of benzene rings is 7. The number of fused-ring (bicyclic) bond motifs is 8. The molecule has 2 aliphatic rings. The Bertz CT molecular complexity index is 3120. The molecule has 0 radical (unpaired) electrons. The van der Waals surface area contributed by atoms with Gasteiger partial charge in [0, 0.05) is 58.4 Å². The molecule has 61 heavy (non-hydrogen) atoms. The molecule has 0 aliphatic carbocycles. The van der Waals surface area contributed by atoms with Gasteiger partial charge in [0.1, 0.15) is 11.5 Å². The quantitative estimate of drug-likeness (QED) is 0.161. The first-order valence-corrected chi connectivity index (χ1v) is 22.9. The minimum absolute atomic E-state index is 0.00103. The standard InChI is InChI=1S/C55H47BN2OS2/c1-34-23-26-44(41(29-34)35-17-11-8-12-18-35)58-45-32-40(57(38-19-13-9-14-20-38)39-21-15-10-16-22-39)33-46-49(45)56(52-50(58)42-30-36(54(2,3)4)24-27-47(42)60-52)53-51(59-46)43-31-37(55(5,6)7)25-28-48(43)61-53/h8-33H,1-7H3. The van der Waals surface area contributed by atoms with Crippen molar-refractivity contribution in [1.82, 2.24) is 0 Å². The molecule has 11 rings (SSSR count). The van der Waals surface area contributed by atoms with Crippen LogP contribution >= 0.6 is 22.7 Å². The molecule has 0 fully saturated rings. The number of hydrogen-bond donors (Lipinski definition) is 0. The van der Waals surface area contributed by atoms with Crippen LogP contribution in [-0.4, -0.2) is 6.71 Å². The van der Waals surface area contributed by atoms with Crippen molar-refractivity contribution in [2.45, 2.75) is 59.3 Å². The van der Waals surface area contributed by atoms with Crippen molar-refractivity contribution < 1.29 is 4.74 Å². The van der Waals surface area contributed by atoms with E-state index in [9.17, 15) is 0 Å². The Morgan fingerprint density at radius 1 is 0.541 bits per heavy atom. The van der Waals surface area contributed by atoms with Gasteiger partial charge < -0.3 is 14.5 Å². The Balaban J connectivity index is 1.28. The van der Waals surface area contributed by atoms with E-state index >= 15 is 0 Å². The molecule has 0 saturated carbocycles. The van der Waals surface area contributed by atoms with Gasteiger partial charge in [-0.3, -0.25) is 0 Å². The molecule has 298 valence electrons. The van der Waals surface area contributed by atoms with Crippen LogP contribution in [0.3, 0.4) is 0 Å². The lowest BCUT2D eigenvalue weighted by Gasteiger charge is -2.40. The van der Waals surface area contributed by atoms with Crippen molar-refractivity contribution in [3.05, 3.63) is 174 Å². The second-order valence-electron chi connectivity index (χ2n) is 18.7. The Labute approximate surface area is 367 Å². The number of para-hydroxylation sites is 2. The fourth-order valence-electron chi connectivity index (χ4n) is 9.30. The number of nitrogens with zero attached hydrogens (tertiary/aromatic N) is 2. The van der Waals surface area contributed by atoms with Crippen molar-refractivity contribution >= 4 is 98.7 Å². The molecule has 0 amide bonds. The van der Waals surface area contributed by atoms with Gasteiger partial charge >= 0.3 is 0 Å². The van der Waals surface area contributed by atoms with E-state index in [1.165, 1.54) is 68.7 Å². The highest BCUT2D eigenvalue weighted by molar-refractivity contribution is 7.40. The van der Waals surface area contributed by atoms with E-state index in [0.29, 0.717) is 0 Å². The summed E-state index contributed by atoms with van der Waals surface area (Å²) in [6, 6.07) is 58.2. The smallest absolute Gasteiger partial charge is 0.281 e. The van der Waals surface area contributed by atoms with Crippen molar-refractivity contribution in [1.29, 1.82) is 0 Å². The lowest BCUT2D eigenvalue weighted by atomic mass is 9.40. The zero-order chi connectivity index (χ0) is 41.8. The summed E-state index contributed by atoms with van der Waals surface area (Å²) in [5, 5.41) is 2.48. The second-order valence-corrected chi connectivity index (χ2v) is 20.8. The number of thiophene rings is 2. The zero-order valence-corrected chi connectivity index (χ0v) is 37.3. The van der Waals surface area contributed by atoms with Crippen molar-refractivity contribution in [2.24, 2.45) is 0 Å². The summed E-state index contributed by atoms with van der Waals surface area (Å²) >= 11 is 3.84. The van der Waals surface area contributed by atoms with Gasteiger partial charge in [-0.2, -0.15) is 0 Å². The van der Waals surface area contributed by atoms with Gasteiger partial charge in [-0.05, 0) is 107 Å². The van der Waals surface area contributed by atoms with Crippen LogP contribution in [0.15, 0.2) is 158 Å². The highest BCUT2D eigenvalue weighted by Crippen LogP contribution is 2.52. The summed E-state index contributed by atoms with van der Waals surface area (Å²) in [5.41, 5.74) is 14.2. The summed E-state index contributed by atoms with van der Waals surface area (Å²) in [6.45, 7) is 16.0. The number of anilines is 6. The maximum Gasteiger partial charge on any atom is 0.281 e. The van der Waals surface area contributed by atoms with Crippen LogP contribution in [0.1, 0.15) is 58.2 Å². The highest BCUT2D eigenvalue weighted by atomic mass is 32.1. The van der Waals surface area contributed by atoms with Crippen LogP contribution in [0.4, 0.5) is 34.1 Å². The topological polar surface area (TPSA) is 15.7 Å². The van der Waals surface area contributed by atoms with Crippen LogP contribution < -0.4 is 29.6 Å². The SMILES string of the molecule is Cc1ccc(N2c3cc(N(c4ccccc4)c4ccccc4)cc4c3B(c3sc5ccc(C(C)(C)C)cc5c3O4)c3sc4ccc(C(C)(C)C)cc4c32)c(-c2ccccc2)c1. The molecule has 6 heteroatoms. The average Bonchev–Trinajstić information content (AvgIpc) is 3.82. The molecule has 3 nitrogen and oxygen atoms in total. The van der Waals surface area contributed by atoms with Crippen LogP contribution in [0.5, 0.6) is 11.5 Å². The van der Waals surface area contributed by atoms with Crippen LogP contribution in [-0.2, 0) is 10.8 Å². The Morgan fingerprint density at radius 2 is 1.11 bits per heavy atom. The minimum Gasteiger partial charge on any atom is -0.457 e. The molecule has 0 atom stereocenters. The predicted molar refractivity (Wildman–Crippen MR) is 265 cm³/mol. The normalized spacial score (nSPS) is 13.2. The second kappa shape index (κ2) is 14.0. The average molecular weight is 827 g/mol. The van der Waals surface area contributed by atoms with E-state index in [4.69, 9.17) is 4.74 Å². The fourth-order valence-corrected chi connectivity index (χ4v) is 11.9. The van der Waals surface area contributed by atoms with Gasteiger partial charge in [-0.1, -0.05) is 132 Å². The number of ether oxygens (including phenoxy) is 1. The van der Waals surface area contributed by atoms with Gasteiger partial charge in [0.05, 0.1) is 17.1 Å². The molecule has 2 aliphatic heterocycles. The predicted octanol–water partition coefficient (Wildman–Crippen LogP) is 14.6. The molecule has 0 N–H and O–H groups in total. The van der Waals surface area contributed by atoms with Gasteiger partial charge in [0.25, 0.3) is 6.71 Å². The Morgan fingerprint density at radius 3 is 1.74 bits per heavy atom. The summed E-state index contributed by atoms with van der Waals surface area (Å²) < 4.78 is 12.6. The molecule has 7 aromatic carbocycles. The fraction of sp³-hybridized carbons (Fsp3) is 0.164. The number of hydrogen-bond acceptors (Lipinski definition) is 5. The maximum atomic E-state index is 7.44. The van der Waals surface area contributed by atoms with E-state index in [2.05, 4.69) is 216 Å². The molecule has 0 spiro atoms. The third-order valence-corrected chi connectivity index (χ3v) is 14.9. The lowest BCUT2D eigenvalue weighted by Crippen LogP contribution is -2.57. The number of rotatable bonds is 5.